The van der Waals surface area contributed by atoms with Gasteiger partial charge in [-0.1, -0.05) is 47.6 Å². The number of hydrogen-bond acceptors (Lipinski definition) is 5. The molecule has 3 aliphatic heterocycles. The third-order valence-corrected chi connectivity index (χ3v) is 6.08. The first-order valence-electron chi connectivity index (χ1n) is 10.0. The predicted molar refractivity (Wildman–Crippen MR) is 105 cm³/mol. The Morgan fingerprint density at radius 1 is 1.34 bits per heavy atom. The fraction of sp³-hybridized carbons (Fsp3) is 0.409. The van der Waals surface area contributed by atoms with E-state index in [2.05, 4.69) is 22.6 Å². The van der Waals surface area contributed by atoms with E-state index in [1.807, 2.05) is 30.4 Å². The fourth-order valence-electron chi connectivity index (χ4n) is 4.74. The van der Waals surface area contributed by atoms with E-state index in [1.165, 1.54) is 5.56 Å². The van der Waals surface area contributed by atoms with Gasteiger partial charge in [-0.2, -0.15) is 0 Å². The molecule has 2 aromatic rings. The Kier molecular flexibility index (Phi) is 4.28. The zero-order chi connectivity index (χ0) is 20.0. The van der Waals surface area contributed by atoms with Crippen molar-refractivity contribution < 1.29 is 18.8 Å². The molecule has 0 aliphatic carbocycles. The molecule has 2 fully saturated rings. The molecule has 1 aromatic heterocycles. The third-order valence-electron chi connectivity index (χ3n) is 6.08. The minimum absolute atomic E-state index is 0.120. The van der Waals surface area contributed by atoms with Gasteiger partial charge in [0.15, 0.2) is 5.82 Å². The van der Waals surface area contributed by atoms with Crippen LogP contribution in [0.2, 0.25) is 0 Å². The second-order valence-corrected chi connectivity index (χ2v) is 8.00. The number of fused-ring (bicyclic) bond motifs is 1. The van der Waals surface area contributed by atoms with E-state index in [1.54, 1.807) is 17.9 Å². The Balaban J connectivity index is 1.26. The van der Waals surface area contributed by atoms with Crippen LogP contribution in [0, 0.1) is 18.8 Å². The highest BCUT2D eigenvalue weighted by molar-refractivity contribution is 6.02. The Morgan fingerprint density at radius 3 is 2.93 bits per heavy atom. The van der Waals surface area contributed by atoms with Gasteiger partial charge < -0.3 is 14.6 Å². The van der Waals surface area contributed by atoms with Gasteiger partial charge in [0, 0.05) is 12.6 Å². The number of hydrogen-bond donors (Lipinski definition) is 1. The second kappa shape index (κ2) is 6.84. The Hall–Kier alpha value is -2.93. The van der Waals surface area contributed by atoms with E-state index in [0.717, 1.165) is 12.8 Å². The van der Waals surface area contributed by atoms with Crippen LogP contribution in [0.4, 0.5) is 5.82 Å². The maximum atomic E-state index is 13.2. The monoisotopic (exact) mass is 393 g/mol. The van der Waals surface area contributed by atoms with Crippen LogP contribution in [0.15, 0.2) is 53.1 Å². The first-order valence-corrected chi connectivity index (χ1v) is 10.0. The molecule has 0 radical (unpaired) electrons. The maximum absolute atomic E-state index is 13.2. The highest BCUT2D eigenvalue weighted by Gasteiger charge is 2.67. The van der Waals surface area contributed by atoms with Crippen LogP contribution in [-0.4, -0.2) is 41.8 Å². The molecule has 2 amide bonds. The predicted octanol–water partition coefficient (Wildman–Crippen LogP) is 2.02. The van der Waals surface area contributed by atoms with Gasteiger partial charge in [0.1, 0.15) is 11.4 Å². The molecule has 2 saturated heterocycles. The van der Waals surface area contributed by atoms with Crippen LogP contribution >= 0.6 is 0 Å². The number of aromatic nitrogens is 1. The van der Waals surface area contributed by atoms with Gasteiger partial charge in [0.25, 0.3) is 0 Å². The van der Waals surface area contributed by atoms with Gasteiger partial charge in [-0.25, -0.2) is 0 Å². The molecular weight excluding hydrogens is 370 g/mol. The lowest BCUT2D eigenvalue weighted by Crippen LogP contribution is -2.44. The van der Waals surface area contributed by atoms with Crippen molar-refractivity contribution in [2.75, 3.05) is 18.0 Å². The summed E-state index contributed by atoms with van der Waals surface area (Å²) in [7, 11) is 0. The number of anilines is 1. The molecule has 0 saturated carbocycles. The summed E-state index contributed by atoms with van der Waals surface area (Å²) in [6, 6.07) is 11.9. The van der Waals surface area contributed by atoms with Crippen molar-refractivity contribution in [3.05, 3.63) is 59.9 Å². The summed E-state index contributed by atoms with van der Waals surface area (Å²) < 4.78 is 11.2. The number of carbonyl (C=O) groups is 2. The van der Waals surface area contributed by atoms with Crippen LogP contribution in [0.25, 0.3) is 0 Å². The molecule has 5 rings (SSSR count). The molecule has 2 bridgehead atoms. The third kappa shape index (κ3) is 2.97. The summed E-state index contributed by atoms with van der Waals surface area (Å²) in [4.78, 5) is 27.7. The van der Waals surface area contributed by atoms with Crippen molar-refractivity contribution in [2.45, 2.75) is 31.5 Å². The zero-order valence-corrected chi connectivity index (χ0v) is 16.2. The molecule has 3 aliphatic rings. The van der Waals surface area contributed by atoms with Gasteiger partial charge in [0.2, 0.25) is 11.8 Å². The molecule has 29 heavy (non-hydrogen) atoms. The smallest absolute Gasteiger partial charge is 0.235 e. The van der Waals surface area contributed by atoms with Crippen LogP contribution in [0.5, 0.6) is 0 Å². The van der Waals surface area contributed by atoms with Crippen molar-refractivity contribution in [1.82, 2.24) is 10.5 Å². The first kappa shape index (κ1) is 18.1. The first-order chi connectivity index (χ1) is 14.1. The summed E-state index contributed by atoms with van der Waals surface area (Å²) in [6.07, 6.45) is 5.25. The quantitative estimate of drug-likeness (QED) is 0.600. The molecular formula is C22H23N3O4. The standard InChI is InChI=1S/C22H23N3O4/c1-14-12-17(24-29-14)25-13-22-10-9-16(28-22)18(19(22)21(25)27)20(26)23-11-5-8-15-6-3-2-4-7-15/h2-4,6-7,9-10,12,16,18-19H,5,8,11,13H2,1H3,(H,23,26)/t16-,18?,19?,22?/m1/s1. The lowest BCUT2D eigenvalue weighted by atomic mass is 9.77. The van der Waals surface area contributed by atoms with E-state index < -0.39 is 17.4 Å². The lowest BCUT2D eigenvalue weighted by Gasteiger charge is -2.23. The molecule has 1 N–H and O–H groups in total. The SMILES string of the molecule is Cc1cc(N2CC34C=C[C@@H](O3)C(C(=O)NCCCc3ccccc3)C4C2=O)no1. The second-order valence-electron chi connectivity index (χ2n) is 8.00. The summed E-state index contributed by atoms with van der Waals surface area (Å²) in [5, 5.41) is 6.97. The lowest BCUT2D eigenvalue weighted by molar-refractivity contribution is -0.131. The van der Waals surface area contributed by atoms with E-state index >= 15 is 0 Å². The number of aryl methyl sites for hydroxylation is 2. The molecule has 1 spiro atoms. The van der Waals surface area contributed by atoms with Crippen LogP contribution in [-0.2, 0) is 20.7 Å². The highest BCUT2D eigenvalue weighted by atomic mass is 16.5. The van der Waals surface area contributed by atoms with Crippen molar-refractivity contribution in [3.63, 3.8) is 0 Å². The summed E-state index contributed by atoms with van der Waals surface area (Å²) in [5.74, 6) is -0.180. The van der Waals surface area contributed by atoms with E-state index in [0.29, 0.717) is 24.7 Å². The van der Waals surface area contributed by atoms with Crippen LogP contribution in [0.1, 0.15) is 17.7 Å². The number of amides is 2. The fourth-order valence-corrected chi connectivity index (χ4v) is 4.74. The largest absolute Gasteiger partial charge is 0.360 e. The number of carbonyl (C=O) groups excluding carboxylic acids is 2. The number of nitrogens with one attached hydrogen (secondary N) is 1. The molecule has 4 atom stereocenters. The number of rotatable bonds is 6. The van der Waals surface area contributed by atoms with Crippen molar-refractivity contribution >= 4 is 17.6 Å². The van der Waals surface area contributed by atoms with Gasteiger partial charge >= 0.3 is 0 Å². The average Bonchev–Trinajstić information content (AvgIpc) is 3.47. The van der Waals surface area contributed by atoms with Crippen molar-refractivity contribution in [3.8, 4) is 0 Å². The Bertz CT molecular complexity index is 969. The topological polar surface area (TPSA) is 84.7 Å². The molecule has 7 heteroatoms. The molecule has 150 valence electrons. The van der Waals surface area contributed by atoms with E-state index in [-0.39, 0.29) is 17.9 Å². The van der Waals surface area contributed by atoms with Gasteiger partial charge in [-0.3, -0.25) is 14.5 Å². The summed E-state index contributed by atoms with van der Waals surface area (Å²) in [5.41, 5.74) is 0.497. The number of benzene rings is 1. The minimum Gasteiger partial charge on any atom is -0.360 e. The van der Waals surface area contributed by atoms with Crippen LogP contribution in [0.3, 0.4) is 0 Å². The van der Waals surface area contributed by atoms with Crippen molar-refractivity contribution in [1.29, 1.82) is 0 Å². The van der Waals surface area contributed by atoms with E-state index in [9.17, 15) is 9.59 Å². The molecule has 7 nitrogen and oxygen atoms in total. The molecule has 4 heterocycles. The van der Waals surface area contributed by atoms with Gasteiger partial charge in [0.05, 0.1) is 24.5 Å². The maximum Gasteiger partial charge on any atom is 0.235 e. The minimum atomic E-state index is -0.749. The Morgan fingerprint density at radius 2 is 2.17 bits per heavy atom. The Labute approximate surface area is 168 Å². The zero-order valence-electron chi connectivity index (χ0n) is 16.2. The highest BCUT2D eigenvalue weighted by Crippen LogP contribution is 2.52. The molecule has 3 unspecified atom stereocenters. The normalized spacial score (nSPS) is 29.5. The molecule has 1 aromatic carbocycles. The summed E-state index contributed by atoms with van der Waals surface area (Å²) in [6.45, 7) is 2.71. The van der Waals surface area contributed by atoms with Crippen LogP contribution < -0.4 is 10.2 Å². The van der Waals surface area contributed by atoms with Gasteiger partial charge in [-0.05, 0) is 25.3 Å². The van der Waals surface area contributed by atoms with Crippen molar-refractivity contribution in [2.24, 2.45) is 11.8 Å². The number of ether oxygens (including phenoxy) is 1. The summed E-state index contributed by atoms with van der Waals surface area (Å²) >= 11 is 0. The van der Waals surface area contributed by atoms with E-state index in [4.69, 9.17) is 9.26 Å². The number of nitrogens with zero attached hydrogens (tertiary/aromatic N) is 2. The van der Waals surface area contributed by atoms with Gasteiger partial charge in [-0.15, -0.1) is 0 Å². The average molecular weight is 393 g/mol.